The van der Waals surface area contributed by atoms with Crippen LogP contribution in [0.25, 0.3) is 0 Å². The first-order valence-electron chi connectivity index (χ1n) is 6.01. The van der Waals surface area contributed by atoms with Crippen LogP contribution in [0.2, 0.25) is 0 Å². The Bertz CT molecular complexity index is 348. The second-order valence-corrected chi connectivity index (χ2v) is 5.64. The van der Waals surface area contributed by atoms with E-state index in [1.165, 1.54) is 17.2 Å². The molecule has 1 aromatic heterocycles. The molecule has 0 saturated carbocycles. The lowest BCUT2D eigenvalue weighted by atomic mass is 9.97. The van der Waals surface area contributed by atoms with Gasteiger partial charge in [0.2, 0.25) is 0 Å². The van der Waals surface area contributed by atoms with Crippen molar-refractivity contribution in [1.82, 2.24) is 15.1 Å². The highest BCUT2D eigenvalue weighted by Crippen LogP contribution is 2.27. The van der Waals surface area contributed by atoms with Gasteiger partial charge in [0.1, 0.15) is 0 Å². The lowest BCUT2D eigenvalue weighted by molar-refractivity contribution is 0.425. The topological polar surface area (TPSA) is 29.9 Å². The summed E-state index contributed by atoms with van der Waals surface area (Å²) in [6.45, 7) is 5.33. The van der Waals surface area contributed by atoms with Crippen LogP contribution in [0.1, 0.15) is 18.3 Å². The van der Waals surface area contributed by atoms with Crippen molar-refractivity contribution in [1.29, 1.82) is 0 Å². The smallest absolute Gasteiger partial charge is 0.0596 e. The normalized spacial score (nSPS) is 25.2. The predicted molar refractivity (Wildman–Crippen MR) is 69.9 cm³/mol. The van der Waals surface area contributed by atoms with Gasteiger partial charge >= 0.3 is 0 Å². The molecule has 0 bridgehead atoms. The van der Waals surface area contributed by atoms with Crippen LogP contribution in [0, 0.1) is 12.8 Å². The number of hydrogen-bond acceptors (Lipinski definition) is 3. The lowest BCUT2D eigenvalue weighted by Crippen LogP contribution is -2.36. The monoisotopic (exact) mass is 239 g/mol. The summed E-state index contributed by atoms with van der Waals surface area (Å²) in [6, 6.07) is 2.90. The van der Waals surface area contributed by atoms with Gasteiger partial charge in [0.25, 0.3) is 0 Å². The Labute approximate surface area is 102 Å². The van der Waals surface area contributed by atoms with E-state index in [0.29, 0.717) is 6.04 Å². The molecule has 2 atom stereocenters. The van der Waals surface area contributed by atoms with Crippen molar-refractivity contribution in [3.8, 4) is 0 Å². The van der Waals surface area contributed by atoms with Crippen molar-refractivity contribution in [3.63, 3.8) is 0 Å². The largest absolute Gasteiger partial charge is 0.313 e. The molecule has 3 nitrogen and oxygen atoms in total. The number of aryl methyl sites for hydroxylation is 2. The zero-order valence-corrected chi connectivity index (χ0v) is 11.2. The molecule has 0 aromatic carbocycles. The van der Waals surface area contributed by atoms with E-state index in [0.717, 1.165) is 24.6 Å². The van der Waals surface area contributed by atoms with Crippen LogP contribution < -0.4 is 5.32 Å². The van der Waals surface area contributed by atoms with Gasteiger partial charge in [0.15, 0.2) is 0 Å². The van der Waals surface area contributed by atoms with E-state index in [2.05, 4.69) is 42.1 Å². The summed E-state index contributed by atoms with van der Waals surface area (Å²) in [5, 5.41) is 8.00. The average molecular weight is 239 g/mol. The van der Waals surface area contributed by atoms with Crippen molar-refractivity contribution in [2.75, 3.05) is 18.1 Å². The molecular formula is C12H21N3S. The molecule has 1 aliphatic rings. The van der Waals surface area contributed by atoms with Gasteiger partial charge < -0.3 is 5.32 Å². The first-order valence-corrected chi connectivity index (χ1v) is 7.16. The van der Waals surface area contributed by atoms with Gasteiger partial charge in [-0.2, -0.15) is 16.9 Å². The van der Waals surface area contributed by atoms with E-state index in [1.54, 1.807) is 0 Å². The molecule has 1 fully saturated rings. The fourth-order valence-electron chi connectivity index (χ4n) is 2.41. The van der Waals surface area contributed by atoms with Gasteiger partial charge in [-0.3, -0.25) is 4.68 Å². The molecule has 4 heteroatoms. The van der Waals surface area contributed by atoms with Crippen molar-refractivity contribution >= 4 is 11.8 Å². The highest BCUT2D eigenvalue weighted by atomic mass is 32.2. The predicted octanol–water partition coefficient (Wildman–Crippen LogP) is 1.61. The van der Waals surface area contributed by atoms with Gasteiger partial charge in [-0.25, -0.2) is 0 Å². The zero-order valence-electron chi connectivity index (χ0n) is 10.4. The SMILES string of the molecule is CCNC1CSCC1Cc1cc(C)nn1C. The van der Waals surface area contributed by atoms with E-state index in [-0.39, 0.29) is 0 Å². The number of rotatable bonds is 4. The fourth-order valence-corrected chi connectivity index (χ4v) is 3.84. The van der Waals surface area contributed by atoms with Crippen molar-refractivity contribution in [2.45, 2.75) is 26.3 Å². The molecular weight excluding hydrogens is 218 g/mol. The van der Waals surface area contributed by atoms with Gasteiger partial charge in [-0.05, 0) is 37.6 Å². The average Bonchev–Trinajstić information content (AvgIpc) is 2.77. The maximum Gasteiger partial charge on any atom is 0.0596 e. The third-order valence-corrected chi connectivity index (χ3v) is 4.49. The Balaban J connectivity index is 2.00. The number of hydrogen-bond donors (Lipinski definition) is 1. The summed E-state index contributed by atoms with van der Waals surface area (Å²) in [5.74, 6) is 3.30. The summed E-state index contributed by atoms with van der Waals surface area (Å²) in [6.07, 6.45) is 1.15. The van der Waals surface area contributed by atoms with Gasteiger partial charge in [0.05, 0.1) is 5.69 Å². The zero-order chi connectivity index (χ0) is 11.5. The molecule has 0 aliphatic carbocycles. The minimum Gasteiger partial charge on any atom is -0.313 e. The maximum absolute atomic E-state index is 4.41. The van der Waals surface area contributed by atoms with E-state index in [4.69, 9.17) is 0 Å². The fraction of sp³-hybridized carbons (Fsp3) is 0.750. The minimum atomic E-state index is 0.685. The van der Waals surface area contributed by atoms with Crippen molar-refractivity contribution < 1.29 is 0 Å². The molecule has 2 rings (SSSR count). The van der Waals surface area contributed by atoms with Crippen molar-refractivity contribution in [3.05, 3.63) is 17.5 Å². The van der Waals surface area contributed by atoms with Crippen LogP contribution in [0.15, 0.2) is 6.07 Å². The Morgan fingerprint density at radius 2 is 2.38 bits per heavy atom. The lowest BCUT2D eigenvalue weighted by Gasteiger charge is -2.19. The molecule has 0 amide bonds. The quantitative estimate of drug-likeness (QED) is 0.866. The standard InChI is InChI=1S/C12H21N3S/c1-4-13-12-8-16-7-10(12)6-11-5-9(2)14-15(11)3/h5,10,12-13H,4,6-8H2,1-3H3. The van der Waals surface area contributed by atoms with E-state index in [1.807, 2.05) is 11.7 Å². The second kappa shape index (κ2) is 5.23. The van der Waals surface area contributed by atoms with E-state index in [9.17, 15) is 0 Å². The summed E-state index contributed by atoms with van der Waals surface area (Å²) in [7, 11) is 2.05. The van der Waals surface area contributed by atoms with Crippen molar-refractivity contribution in [2.24, 2.45) is 13.0 Å². The van der Waals surface area contributed by atoms with Gasteiger partial charge in [0, 0.05) is 24.5 Å². The Hall–Kier alpha value is -0.480. The molecule has 1 N–H and O–H groups in total. The molecule has 2 heterocycles. The van der Waals surface area contributed by atoms with Crippen LogP contribution >= 0.6 is 11.8 Å². The van der Waals surface area contributed by atoms with Crippen LogP contribution in [-0.4, -0.2) is 33.9 Å². The summed E-state index contributed by atoms with van der Waals surface area (Å²) in [4.78, 5) is 0. The van der Waals surface area contributed by atoms with Gasteiger partial charge in [-0.1, -0.05) is 6.92 Å². The van der Waals surface area contributed by atoms with Crippen LogP contribution in [0.4, 0.5) is 0 Å². The first-order chi connectivity index (χ1) is 7.70. The molecule has 16 heavy (non-hydrogen) atoms. The molecule has 1 aromatic rings. The highest BCUT2D eigenvalue weighted by molar-refractivity contribution is 7.99. The first kappa shape index (κ1) is 12.0. The Kier molecular flexibility index (Phi) is 3.92. The minimum absolute atomic E-state index is 0.685. The summed E-state index contributed by atoms with van der Waals surface area (Å²) in [5.41, 5.74) is 2.50. The molecule has 0 radical (unpaired) electrons. The highest BCUT2D eigenvalue weighted by Gasteiger charge is 2.27. The third kappa shape index (κ3) is 2.61. The number of thioether (sulfide) groups is 1. The molecule has 1 saturated heterocycles. The summed E-state index contributed by atoms with van der Waals surface area (Å²) >= 11 is 2.07. The maximum atomic E-state index is 4.41. The Morgan fingerprint density at radius 1 is 1.56 bits per heavy atom. The molecule has 1 aliphatic heterocycles. The Morgan fingerprint density at radius 3 is 3.00 bits per heavy atom. The van der Waals surface area contributed by atoms with E-state index >= 15 is 0 Å². The van der Waals surface area contributed by atoms with Crippen LogP contribution in [-0.2, 0) is 13.5 Å². The van der Waals surface area contributed by atoms with Crippen LogP contribution in [0.5, 0.6) is 0 Å². The van der Waals surface area contributed by atoms with Gasteiger partial charge in [-0.15, -0.1) is 0 Å². The molecule has 90 valence electrons. The third-order valence-electron chi connectivity index (χ3n) is 3.23. The van der Waals surface area contributed by atoms with Crippen LogP contribution in [0.3, 0.4) is 0 Å². The second-order valence-electron chi connectivity index (χ2n) is 4.57. The van der Waals surface area contributed by atoms with E-state index < -0.39 is 0 Å². The molecule has 0 spiro atoms. The number of nitrogens with one attached hydrogen (secondary N) is 1. The molecule has 2 unspecified atom stereocenters. The number of aromatic nitrogens is 2. The number of nitrogens with zero attached hydrogens (tertiary/aromatic N) is 2. The summed E-state index contributed by atoms with van der Waals surface area (Å²) < 4.78 is 2.03.